The maximum absolute atomic E-state index is 12.0. The predicted octanol–water partition coefficient (Wildman–Crippen LogP) is 1.32. The van der Waals surface area contributed by atoms with Gasteiger partial charge < -0.3 is 15.2 Å². The van der Waals surface area contributed by atoms with Gasteiger partial charge in [0.05, 0.1) is 0 Å². The van der Waals surface area contributed by atoms with Gasteiger partial charge in [-0.1, -0.05) is 5.16 Å². The predicted molar refractivity (Wildman–Crippen MR) is 73.7 cm³/mol. The van der Waals surface area contributed by atoms with Gasteiger partial charge in [-0.25, -0.2) is 0 Å². The van der Waals surface area contributed by atoms with Crippen LogP contribution in [0.5, 0.6) is 0 Å². The number of hydrogen-bond acceptors (Lipinski definition) is 5. The summed E-state index contributed by atoms with van der Waals surface area (Å²) in [5.41, 5.74) is 3.02. The zero-order valence-electron chi connectivity index (χ0n) is 11.3. The number of aromatic nitrogens is 2. The van der Waals surface area contributed by atoms with E-state index >= 15 is 0 Å². The Labute approximate surface area is 116 Å². The van der Waals surface area contributed by atoms with Crippen molar-refractivity contribution in [1.29, 1.82) is 0 Å². The Balaban J connectivity index is 1.56. The number of rotatable bonds is 4. The molecule has 0 saturated carbocycles. The zero-order valence-corrected chi connectivity index (χ0v) is 11.3. The highest BCUT2D eigenvalue weighted by atomic mass is 16.5. The molecule has 3 rings (SSSR count). The van der Waals surface area contributed by atoms with Crippen LogP contribution in [0.25, 0.3) is 0 Å². The van der Waals surface area contributed by atoms with Crippen LogP contribution in [0.15, 0.2) is 22.7 Å². The summed E-state index contributed by atoms with van der Waals surface area (Å²) in [4.78, 5) is 16.1. The highest BCUT2D eigenvalue weighted by molar-refractivity contribution is 5.95. The fourth-order valence-electron chi connectivity index (χ4n) is 2.28. The first kappa shape index (κ1) is 12.7. The maximum Gasteiger partial charge on any atom is 0.251 e. The van der Waals surface area contributed by atoms with Crippen LogP contribution in [0.3, 0.4) is 0 Å². The zero-order chi connectivity index (χ0) is 13.9. The summed E-state index contributed by atoms with van der Waals surface area (Å²) in [5, 5.41) is 9.93. The van der Waals surface area contributed by atoms with Crippen LogP contribution in [0, 0.1) is 6.92 Å². The van der Waals surface area contributed by atoms with Gasteiger partial charge in [0.2, 0.25) is 5.89 Å². The molecule has 0 unspecified atom stereocenters. The lowest BCUT2D eigenvalue weighted by Crippen LogP contribution is -2.26. The normalized spacial score (nSPS) is 12.8. The van der Waals surface area contributed by atoms with E-state index in [0.717, 1.165) is 18.7 Å². The molecule has 1 aromatic carbocycles. The van der Waals surface area contributed by atoms with Crippen LogP contribution < -0.4 is 10.6 Å². The number of nitrogens with one attached hydrogen (secondary N) is 2. The van der Waals surface area contributed by atoms with Gasteiger partial charge in [0.1, 0.15) is 0 Å². The number of carbonyl (C=O) groups is 1. The van der Waals surface area contributed by atoms with Crippen molar-refractivity contribution in [2.24, 2.45) is 0 Å². The molecule has 1 aliphatic rings. The molecule has 1 amide bonds. The molecule has 0 saturated heterocycles. The van der Waals surface area contributed by atoms with E-state index in [9.17, 15) is 4.79 Å². The first-order valence-corrected chi connectivity index (χ1v) is 6.66. The van der Waals surface area contributed by atoms with Crippen LogP contribution in [0.2, 0.25) is 0 Å². The molecule has 1 aromatic heterocycles. The van der Waals surface area contributed by atoms with Crippen molar-refractivity contribution in [3.05, 3.63) is 41.0 Å². The number of benzene rings is 1. The monoisotopic (exact) mass is 272 g/mol. The van der Waals surface area contributed by atoms with E-state index in [1.165, 1.54) is 5.56 Å². The van der Waals surface area contributed by atoms with Crippen molar-refractivity contribution < 1.29 is 9.32 Å². The second kappa shape index (κ2) is 5.32. The summed E-state index contributed by atoms with van der Waals surface area (Å²) in [6.45, 7) is 3.18. The number of fused-ring (bicyclic) bond motifs is 1. The topological polar surface area (TPSA) is 80.0 Å². The van der Waals surface area contributed by atoms with Gasteiger partial charge in [0.25, 0.3) is 5.91 Å². The van der Waals surface area contributed by atoms with E-state index in [2.05, 4.69) is 20.8 Å². The van der Waals surface area contributed by atoms with Crippen molar-refractivity contribution in [2.75, 3.05) is 18.4 Å². The number of anilines is 1. The van der Waals surface area contributed by atoms with Gasteiger partial charge in [-0.3, -0.25) is 4.79 Å². The number of carbonyl (C=O) groups excluding carboxylic acids is 1. The fourth-order valence-corrected chi connectivity index (χ4v) is 2.28. The summed E-state index contributed by atoms with van der Waals surface area (Å²) >= 11 is 0. The summed E-state index contributed by atoms with van der Waals surface area (Å²) < 4.78 is 4.88. The molecule has 2 heterocycles. The molecule has 20 heavy (non-hydrogen) atoms. The molecule has 0 atom stereocenters. The summed E-state index contributed by atoms with van der Waals surface area (Å²) in [7, 11) is 0. The Morgan fingerprint density at radius 2 is 2.40 bits per heavy atom. The van der Waals surface area contributed by atoms with E-state index in [1.807, 2.05) is 18.2 Å². The third kappa shape index (κ3) is 2.64. The second-order valence-electron chi connectivity index (χ2n) is 4.78. The lowest BCUT2D eigenvalue weighted by Gasteiger charge is -2.05. The first-order valence-electron chi connectivity index (χ1n) is 6.66. The van der Waals surface area contributed by atoms with Crippen molar-refractivity contribution in [3.8, 4) is 0 Å². The molecule has 2 aromatic rings. The molecular formula is C14H16N4O2. The van der Waals surface area contributed by atoms with Crippen LogP contribution in [0.1, 0.15) is 27.6 Å². The molecule has 0 aliphatic carbocycles. The van der Waals surface area contributed by atoms with Crippen LogP contribution in [-0.4, -0.2) is 29.1 Å². The molecule has 1 aliphatic heterocycles. The number of hydrogen-bond donors (Lipinski definition) is 2. The molecule has 0 radical (unpaired) electrons. The Hall–Kier alpha value is -2.37. The van der Waals surface area contributed by atoms with Crippen LogP contribution in [0.4, 0.5) is 5.69 Å². The largest absolute Gasteiger partial charge is 0.384 e. The van der Waals surface area contributed by atoms with Crippen molar-refractivity contribution in [2.45, 2.75) is 19.8 Å². The minimum atomic E-state index is -0.0695. The standard InChI is InChI=1S/C14H16N4O2/c1-9-17-13(18-20-9)5-7-16-14(19)11-2-3-12-10(8-11)4-6-15-12/h2-3,8,15H,4-7H2,1H3,(H,16,19). The van der Waals surface area contributed by atoms with Crippen molar-refractivity contribution in [1.82, 2.24) is 15.5 Å². The molecule has 104 valence electrons. The average Bonchev–Trinajstić information content (AvgIpc) is 3.06. The highest BCUT2D eigenvalue weighted by Gasteiger charge is 2.13. The number of aryl methyl sites for hydroxylation is 1. The minimum Gasteiger partial charge on any atom is -0.384 e. The minimum absolute atomic E-state index is 0.0695. The molecule has 0 bridgehead atoms. The molecule has 0 fully saturated rings. The van der Waals surface area contributed by atoms with Crippen LogP contribution >= 0.6 is 0 Å². The van der Waals surface area contributed by atoms with Gasteiger partial charge in [-0.05, 0) is 30.2 Å². The quantitative estimate of drug-likeness (QED) is 0.877. The summed E-state index contributed by atoms with van der Waals surface area (Å²) in [6, 6.07) is 5.74. The van der Waals surface area contributed by atoms with E-state index in [0.29, 0.717) is 30.2 Å². The Bertz CT molecular complexity index is 636. The second-order valence-corrected chi connectivity index (χ2v) is 4.78. The van der Waals surface area contributed by atoms with Crippen molar-refractivity contribution >= 4 is 11.6 Å². The van der Waals surface area contributed by atoms with Gasteiger partial charge in [0, 0.05) is 37.7 Å². The van der Waals surface area contributed by atoms with Gasteiger partial charge in [0.15, 0.2) is 5.82 Å². The van der Waals surface area contributed by atoms with Gasteiger partial charge in [-0.15, -0.1) is 0 Å². The third-order valence-electron chi connectivity index (χ3n) is 3.28. The van der Waals surface area contributed by atoms with Gasteiger partial charge >= 0.3 is 0 Å². The molecule has 0 spiro atoms. The van der Waals surface area contributed by atoms with E-state index in [4.69, 9.17) is 4.52 Å². The van der Waals surface area contributed by atoms with Crippen molar-refractivity contribution in [3.63, 3.8) is 0 Å². The first-order chi connectivity index (χ1) is 9.72. The number of amides is 1. The fraction of sp³-hybridized carbons (Fsp3) is 0.357. The van der Waals surface area contributed by atoms with E-state index in [1.54, 1.807) is 6.92 Å². The average molecular weight is 272 g/mol. The van der Waals surface area contributed by atoms with Gasteiger partial charge in [-0.2, -0.15) is 4.98 Å². The molecule has 6 nitrogen and oxygen atoms in total. The molecule has 2 N–H and O–H groups in total. The SMILES string of the molecule is Cc1nc(CCNC(=O)c2ccc3c(c2)CCN3)no1. The van der Waals surface area contributed by atoms with Crippen LogP contribution in [-0.2, 0) is 12.8 Å². The molecule has 6 heteroatoms. The summed E-state index contributed by atoms with van der Waals surface area (Å²) in [5.74, 6) is 1.08. The van der Waals surface area contributed by atoms with E-state index < -0.39 is 0 Å². The lowest BCUT2D eigenvalue weighted by atomic mass is 10.1. The molecular weight excluding hydrogens is 256 g/mol. The lowest BCUT2D eigenvalue weighted by molar-refractivity contribution is 0.0954. The summed E-state index contributed by atoms with van der Waals surface area (Å²) in [6.07, 6.45) is 1.54. The third-order valence-corrected chi connectivity index (χ3v) is 3.28. The maximum atomic E-state index is 12.0. The Kier molecular flexibility index (Phi) is 3.37. The smallest absolute Gasteiger partial charge is 0.251 e. The highest BCUT2D eigenvalue weighted by Crippen LogP contribution is 2.22. The number of nitrogens with zero attached hydrogens (tertiary/aromatic N) is 2. The Morgan fingerprint density at radius 3 is 3.20 bits per heavy atom. The van der Waals surface area contributed by atoms with E-state index in [-0.39, 0.29) is 5.91 Å². The Morgan fingerprint density at radius 1 is 1.50 bits per heavy atom.